The molecular weight excluding hydrogens is 386 g/mol. The molecule has 7 heteroatoms. The topological polar surface area (TPSA) is 83.5 Å². The van der Waals surface area contributed by atoms with Crippen LogP contribution in [0.3, 0.4) is 0 Å². The van der Waals surface area contributed by atoms with Crippen molar-refractivity contribution in [2.24, 2.45) is 0 Å². The van der Waals surface area contributed by atoms with Crippen LogP contribution >= 0.6 is 11.6 Å². The Morgan fingerprint density at radius 2 is 1.67 bits per heavy atom. The van der Waals surface area contributed by atoms with E-state index in [-0.39, 0.29) is 21.2 Å². The Bertz CT molecular complexity index is 1110. The van der Waals surface area contributed by atoms with Crippen molar-refractivity contribution in [3.63, 3.8) is 0 Å². The number of phenols is 1. The van der Waals surface area contributed by atoms with Crippen LogP contribution in [-0.4, -0.2) is 25.7 Å². The summed E-state index contributed by atoms with van der Waals surface area (Å²) in [6, 6.07) is 17.9. The minimum Gasteiger partial charge on any atom is -0.508 e. The summed E-state index contributed by atoms with van der Waals surface area (Å²) in [5.41, 5.74) is 2.50. The first kappa shape index (κ1) is 18.9. The van der Waals surface area contributed by atoms with Crippen LogP contribution in [0, 0.1) is 0 Å². The Balaban J connectivity index is 1.84. The number of nitrogens with one attached hydrogen (secondary N) is 1. The highest BCUT2D eigenvalue weighted by molar-refractivity contribution is 7.90. The summed E-state index contributed by atoms with van der Waals surface area (Å²) >= 11 is 6.09. The number of halogens is 1. The molecule has 138 valence electrons. The maximum absolute atomic E-state index is 12.5. The third kappa shape index (κ3) is 4.48. The first-order chi connectivity index (χ1) is 12.7. The molecule has 0 unspecified atom stereocenters. The Morgan fingerprint density at radius 3 is 2.30 bits per heavy atom. The van der Waals surface area contributed by atoms with Gasteiger partial charge in [-0.15, -0.1) is 0 Å². The smallest absolute Gasteiger partial charge is 0.257 e. The van der Waals surface area contributed by atoms with Crippen LogP contribution < -0.4 is 5.32 Å². The number of carbonyl (C=O) groups is 1. The van der Waals surface area contributed by atoms with Gasteiger partial charge >= 0.3 is 0 Å². The first-order valence-electron chi connectivity index (χ1n) is 7.94. The van der Waals surface area contributed by atoms with Crippen molar-refractivity contribution in [2.45, 2.75) is 4.90 Å². The Labute approximate surface area is 162 Å². The van der Waals surface area contributed by atoms with Gasteiger partial charge in [0.15, 0.2) is 9.84 Å². The zero-order valence-electron chi connectivity index (χ0n) is 14.3. The van der Waals surface area contributed by atoms with Gasteiger partial charge < -0.3 is 10.4 Å². The lowest BCUT2D eigenvalue weighted by Gasteiger charge is -2.10. The van der Waals surface area contributed by atoms with Crippen LogP contribution in [0.25, 0.3) is 11.1 Å². The number of amides is 1. The monoisotopic (exact) mass is 401 g/mol. The fourth-order valence-corrected chi connectivity index (χ4v) is 3.52. The molecule has 0 saturated carbocycles. The second-order valence-electron chi connectivity index (χ2n) is 6.00. The lowest BCUT2D eigenvalue weighted by molar-refractivity contribution is 0.102. The largest absolute Gasteiger partial charge is 0.508 e. The van der Waals surface area contributed by atoms with Crippen LogP contribution in [0.5, 0.6) is 5.75 Å². The predicted molar refractivity (Wildman–Crippen MR) is 106 cm³/mol. The summed E-state index contributed by atoms with van der Waals surface area (Å²) in [6.45, 7) is 0. The van der Waals surface area contributed by atoms with E-state index in [0.29, 0.717) is 5.69 Å². The zero-order valence-corrected chi connectivity index (χ0v) is 15.9. The molecule has 2 N–H and O–H groups in total. The van der Waals surface area contributed by atoms with Gasteiger partial charge in [0.25, 0.3) is 5.91 Å². The maximum Gasteiger partial charge on any atom is 0.257 e. The van der Waals surface area contributed by atoms with Crippen molar-refractivity contribution in [2.75, 3.05) is 11.6 Å². The lowest BCUT2D eigenvalue weighted by atomic mass is 10.0. The minimum atomic E-state index is -3.40. The van der Waals surface area contributed by atoms with Crippen molar-refractivity contribution >= 4 is 33.0 Å². The second-order valence-corrected chi connectivity index (χ2v) is 8.42. The third-order valence-corrected chi connectivity index (χ3v) is 5.36. The molecular formula is C20H16ClNO4S. The average molecular weight is 402 g/mol. The first-order valence-corrected chi connectivity index (χ1v) is 10.2. The molecule has 0 radical (unpaired) electrons. The normalized spacial score (nSPS) is 11.2. The molecule has 0 spiro atoms. The molecule has 3 aromatic carbocycles. The molecule has 0 aliphatic heterocycles. The summed E-state index contributed by atoms with van der Waals surface area (Å²) in [6.07, 6.45) is 1.08. The van der Waals surface area contributed by atoms with E-state index in [4.69, 9.17) is 11.6 Å². The fraction of sp³-hybridized carbons (Fsp3) is 0.0500. The molecule has 1 amide bonds. The SMILES string of the molecule is CS(=O)(=O)c1ccc(C(=O)Nc2cccc(-c3ccc(O)cc3)c2)c(Cl)c1. The fourth-order valence-electron chi connectivity index (χ4n) is 2.54. The van der Waals surface area contributed by atoms with Crippen LogP contribution in [0.2, 0.25) is 5.02 Å². The van der Waals surface area contributed by atoms with Gasteiger partial charge in [0.2, 0.25) is 0 Å². The van der Waals surface area contributed by atoms with Crippen LogP contribution in [-0.2, 0) is 9.84 Å². The number of sulfone groups is 1. The van der Waals surface area contributed by atoms with Crippen molar-refractivity contribution in [3.8, 4) is 16.9 Å². The van der Waals surface area contributed by atoms with Gasteiger partial charge in [0.1, 0.15) is 5.75 Å². The molecule has 0 saturated heterocycles. The Morgan fingerprint density at radius 1 is 0.963 bits per heavy atom. The standard InChI is InChI=1S/C20H16ClNO4S/c1-27(25,26)17-9-10-18(19(21)12-17)20(24)22-15-4-2-3-14(11-15)13-5-7-16(23)8-6-13/h2-12,23H,1H3,(H,22,24). The average Bonchev–Trinajstić information content (AvgIpc) is 2.61. The number of phenolic OH excluding ortho intramolecular Hbond substituents is 1. The van der Waals surface area contributed by atoms with Gasteiger partial charge in [-0.05, 0) is 53.6 Å². The minimum absolute atomic E-state index is 0.0541. The van der Waals surface area contributed by atoms with Crippen molar-refractivity contribution in [3.05, 3.63) is 77.3 Å². The van der Waals surface area contributed by atoms with Crippen molar-refractivity contribution in [1.29, 1.82) is 0 Å². The maximum atomic E-state index is 12.5. The van der Waals surface area contributed by atoms with Crippen LogP contribution in [0.4, 0.5) is 5.69 Å². The van der Waals surface area contributed by atoms with Crippen molar-refractivity contribution in [1.82, 2.24) is 0 Å². The molecule has 3 aromatic rings. The number of anilines is 1. The van der Waals surface area contributed by atoms with Crippen LogP contribution in [0.1, 0.15) is 10.4 Å². The quantitative estimate of drug-likeness (QED) is 0.680. The van der Waals surface area contributed by atoms with E-state index in [0.717, 1.165) is 17.4 Å². The van der Waals surface area contributed by atoms with Crippen molar-refractivity contribution < 1.29 is 18.3 Å². The highest BCUT2D eigenvalue weighted by Gasteiger charge is 2.15. The predicted octanol–water partition coefficient (Wildman–Crippen LogP) is 4.37. The molecule has 0 fully saturated rings. The molecule has 0 aromatic heterocycles. The number of hydrogen-bond acceptors (Lipinski definition) is 4. The van der Waals surface area contributed by atoms with Gasteiger partial charge in [0, 0.05) is 11.9 Å². The van der Waals surface area contributed by atoms with E-state index >= 15 is 0 Å². The second kappa shape index (κ2) is 7.42. The molecule has 5 nitrogen and oxygen atoms in total. The zero-order chi connectivity index (χ0) is 19.6. The number of aromatic hydroxyl groups is 1. The molecule has 0 atom stereocenters. The highest BCUT2D eigenvalue weighted by atomic mass is 35.5. The van der Waals surface area contributed by atoms with E-state index in [1.807, 2.05) is 6.07 Å². The van der Waals surface area contributed by atoms with E-state index in [1.165, 1.54) is 18.2 Å². The van der Waals surface area contributed by atoms with Gasteiger partial charge in [-0.1, -0.05) is 35.9 Å². The molecule has 0 heterocycles. The van der Waals surface area contributed by atoms with E-state index in [9.17, 15) is 18.3 Å². The molecule has 0 aliphatic rings. The summed E-state index contributed by atoms with van der Waals surface area (Å²) in [7, 11) is -3.40. The molecule has 27 heavy (non-hydrogen) atoms. The van der Waals surface area contributed by atoms with Gasteiger partial charge in [-0.25, -0.2) is 8.42 Å². The van der Waals surface area contributed by atoms with Gasteiger partial charge in [-0.2, -0.15) is 0 Å². The Kier molecular flexibility index (Phi) is 5.21. The number of benzene rings is 3. The lowest BCUT2D eigenvalue weighted by Crippen LogP contribution is -2.13. The van der Waals surface area contributed by atoms with E-state index < -0.39 is 15.7 Å². The summed E-state index contributed by atoms with van der Waals surface area (Å²) in [4.78, 5) is 12.6. The third-order valence-electron chi connectivity index (χ3n) is 3.93. The highest BCUT2D eigenvalue weighted by Crippen LogP contribution is 2.26. The molecule has 0 aliphatic carbocycles. The van der Waals surface area contributed by atoms with E-state index in [1.54, 1.807) is 42.5 Å². The summed E-state index contributed by atoms with van der Waals surface area (Å²) in [5.74, 6) is -0.265. The molecule has 0 bridgehead atoms. The summed E-state index contributed by atoms with van der Waals surface area (Å²) in [5, 5.41) is 12.2. The van der Waals surface area contributed by atoms with E-state index in [2.05, 4.69) is 5.32 Å². The number of hydrogen-bond donors (Lipinski definition) is 2. The Hall–Kier alpha value is -2.83. The molecule has 3 rings (SSSR count). The van der Waals surface area contributed by atoms with Crippen LogP contribution in [0.15, 0.2) is 71.6 Å². The van der Waals surface area contributed by atoms with Gasteiger partial charge in [-0.3, -0.25) is 4.79 Å². The number of carbonyl (C=O) groups excluding carboxylic acids is 1. The van der Waals surface area contributed by atoms with Gasteiger partial charge in [0.05, 0.1) is 15.5 Å². The summed E-state index contributed by atoms with van der Waals surface area (Å²) < 4.78 is 23.2. The number of rotatable bonds is 4.